The molecule has 0 saturated heterocycles. The van der Waals surface area contributed by atoms with Crippen molar-refractivity contribution >= 4 is 15.7 Å². The van der Waals surface area contributed by atoms with E-state index in [1.54, 1.807) is 31.2 Å². The Bertz CT molecular complexity index is 930. The van der Waals surface area contributed by atoms with Crippen molar-refractivity contribution in [3.8, 4) is 22.8 Å². The van der Waals surface area contributed by atoms with Crippen molar-refractivity contribution in [1.82, 2.24) is 10.1 Å². The molecule has 0 aliphatic carbocycles. The monoisotopic (exact) mass is 343 g/mol. The fourth-order valence-corrected chi connectivity index (χ4v) is 2.73. The summed E-state index contributed by atoms with van der Waals surface area (Å²) in [6.07, 6.45) is 0. The van der Waals surface area contributed by atoms with E-state index in [0.29, 0.717) is 17.4 Å². The quantitative estimate of drug-likeness (QED) is 0.766. The molecule has 0 bridgehead atoms. The zero-order valence-electron chi connectivity index (χ0n) is 13.4. The van der Waals surface area contributed by atoms with Crippen molar-refractivity contribution in [2.45, 2.75) is 13.8 Å². The van der Waals surface area contributed by atoms with Gasteiger partial charge in [-0.1, -0.05) is 22.9 Å². The van der Waals surface area contributed by atoms with E-state index in [-0.39, 0.29) is 5.75 Å². The lowest BCUT2D eigenvalue weighted by Crippen LogP contribution is -2.14. The summed E-state index contributed by atoms with van der Waals surface area (Å²) in [6.45, 7) is 3.60. The normalized spacial score (nSPS) is 11.4. The van der Waals surface area contributed by atoms with Crippen molar-refractivity contribution in [3.05, 3.63) is 54.1 Å². The molecule has 0 spiro atoms. The maximum absolute atomic E-state index is 11.6. The number of aromatic nitrogens is 2. The van der Waals surface area contributed by atoms with Crippen molar-refractivity contribution in [2.24, 2.45) is 0 Å². The van der Waals surface area contributed by atoms with Crippen LogP contribution < -0.4 is 4.72 Å². The molecule has 2 aromatic carbocycles. The Morgan fingerprint density at radius 2 is 1.62 bits per heavy atom. The summed E-state index contributed by atoms with van der Waals surface area (Å²) in [4.78, 5) is 4.38. The van der Waals surface area contributed by atoms with Gasteiger partial charge in [-0.25, -0.2) is 8.42 Å². The summed E-state index contributed by atoms with van der Waals surface area (Å²) >= 11 is 0. The zero-order chi connectivity index (χ0) is 17.2. The van der Waals surface area contributed by atoms with Crippen molar-refractivity contribution in [1.29, 1.82) is 0 Å². The molecule has 0 aliphatic heterocycles. The van der Waals surface area contributed by atoms with Crippen LogP contribution in [0.25, 0.3) is 22.8 Å². The van der Waals surface area contributed by atoms with Crippen molar-refractivity contribution < 1.29 is 12.9 Å². The summed E-state index contributed by atoms with van der Waals surface area (Å²) in [5.74, 6) is 0.927. The van der Waals surface area contributed by atoms with Crippen LogP contribution in [0, 0.1) is 6.92 Å². The minimum atomic E-state index is -3.29. The Morgan fingerprint density at radius 3 is 2.25 bits per heavy atom. The van der Waals surface area contributed by atoms with E-state index in [1.807, 2.05) is 31.2 Å². The molecule has 1 heterocycles. The fourth-order valence-electron chi connectivity index (χ4n) is 2.09. The van der Waals surface area contributed by atoms with E-state index in [9.17, 15) is 8.42 Å². The second kappa shape index (κ2) is 6.45. The minimum absolute atomic E-state index is 0.0273. The summed E-state index contributed by atoms with van der Waals surface area (Å²) in [5, 5.41) is 3.98. The molecule has 0 aliphatic rings. The number of anilines is 1. The Balaban J connectivity index is 1.81. The van der Waals surface area contributed by atoms with Crippen LogP contribution in [-0.4, -0.2) is 24.3 Å². The molecule has 0 atom stereocenters. The maximum atomic E-state index is 11.6. The van der Waals surface area contributed by atoms with E-state index in [0.717, 1.165) is 16.7 Å². The molecule has 0 radical (unpaired) electrons. The second-order valence-corrected chi connectivity index (χ2v) is 7.38. The molecular formula is C17H17N3O3S. The van der Waals surface area contributed by atoms with Gasteiger partial charge in [0.05, 0.1) is 5.75 Å². The van der Waals surface area contributed by atoms with E-state index in [1.165, 1.54) is 0 Å². The van der Waals surface area contributed by atoms with Crippen LogP contribution in [0.5, 0.6) is 0 Å². The van der Waals surface area contributed by atoms with Gasteiger partial charge in [0.1, 0.15) is 0 Å². The molecule has 0 saturated carbocycles. The average Bonchev–Trinajstić information content (AvgIpc) is 3.06. The van der Waals surface area contributed by atoms with Crippen LogP contribution in [0.15, 0.2) is 53.1 Å². The summed E-state index contributed by atoms with van der Waals surface area (Å²) in [6, 6.07) is 14.6. The molecule has 0 amide bonds. The van der Waals surface area contributed by atoms with Crippen LogP contribution in [0.2, 0.25) is 0 Å². The highest BCUT2D eigenvalue weighted by atomic mass is 32.2. The molecular weight excluding hydrogens is 326 g/mol. The lowest BCUT2D eigenvalue weighted by atomic mass is 10.1. The number of nitrogens with one attached hydrogen (secondary N) is 1. The van der Waals surface area contributed by atoms with Crippen molar-refractivity contribution in [2.75, 3.05) is 10.5 Å². The number of rotatable bonds is 5. The third-order valence-electron chi connectivity index (χ3n) is 3.52. The van der Waals surface area contributed by atoms with Gasteiger partial charge in [-0.15, -0.1) is 0 Å². The first kappa shape index (κ1) is 16.2. The molecule has 0 fully saturated rings. The fraction of sp³-hybridized carbons (Fsp3) is 0.176. The summed E-state index contributed by atoms with van der Waals surface area (Å²) in [5.41, 5.74) is 3.26. The molecule has 7 heteroatoms. The van der Waals surface area contributed by atoms with Gasteiger partial charge in [0, 0.05) is 16.8 Å². The Morgan fingerprint density at radius 1 is 1.00 bits per heavy atom. The van der Waals surface area contributed by atoms with E-state index in [4.69, 9.17) is 4.52 Å². The molecule has 0 unspecified atom stereocenters. The van der Waals surface area contributed by atoms with Gasteiger partial charge < -0.3 is 4.52 Å². The number of hydrogen-bond acceptors (Lipinski definition) is 5. The Hall–Kier alpha value is -2.67. The Labute approximate surface area is 140 Å². The highest BCUT2D eigenvalue weighted by Crippen LogP contribution is 2.23. The van der Waals surface area contributed by atoms with Crippen LogP contribution >= 0.6 is 0 Å². The Kier molecular flexibility index (Phi) is 4.35. The molecule has 1 N–H and O–H groups in total. The predicted molar refractivity (Wildman–Crippen MR) is 93.0 cm³/mol. The standard InChI is InChI=1S/C17H17N3O3S/c1-3-24(21,22)20-15-10-8-13(9-11-15)16-18-17(23-19-16)14-6-4-12(2)5-7-14/h4-11,20H,3H2,1-2H3. The van der Waals surface area contributed by atoms with Crippen LogP contribution in [0.1, 0.15) is 12.5 Å². The topological polar surface area (TPSA) is 85.1 Å². The molecule has 124 valence electrons. The average molecular weight is 343 g/mol. The summed E-state index contributed by atoms with van der Waals surface area (Å²) < 4.78 is 30.9. The first-order valence-corrected chi connectivity index (χ1v) is 9.14. The first-order valence-electron chi connectivity index (χ1n) is 7.48. The molecule has 3 aromatic rings. The van der Waals surface area contributed by atoms with E-state index in [2.05, 4.69) is 14.9 Å². The van der Waals surface area contributed by atoms with Crippen LogP contribution in [-0.2, 0) is 10.0 Å². The molecule has 24 heavy (non-hydrogen) atoms. The third-order valence-corrected chi connectivity index (χ3v) is 4.83. The molecule has 1 aromatic heterocycles. The minimum Gasteiger partial charge on any atom is -0.334 e. The van der Waals surface area contributed by atoms with Crippen LogP contribution in [0.3, 0.4) is 0 Å². The van der Waals surface area contributed by atoms with E-state index >= 15 is 0 Å². The lowest BCUT2D eigenvalue weighted by molar-refractivity contribution is 0.432. The van der Waals surface area contributed by atoms with Gasteiger partial charge in [0.2, 0.25) is 15.8 Å². The lowest BCUT2D eigenvalue weighted by Gasteiger charge is -2.05. The van der Waals surface area contributed by atoms with Gasteiger partial charge in [0.15, 0.2) is 0 Å². The molecule has 3 rings (SSSR count). The first-order chi connectivity index (χ1) is 11.5. The SMILES string of the molecule is CCS(=O)(=O)Nc1ccc(-c2noc(-c3ccc(C)cc3)n2)cc1. The van der Waals surface area contributed by atoms with Gasteiger partial charge in [0.25, 0.3) is 5.89 Å². The van der Waals surface area contributed by atoms with Gasteiger partial charge in [-0.3, -0.25) is 4.72 Å². The van der Waals surface area contributed by atoms with Crippen molar-refractivity contribution in [3.63, 3.8) is 0 Å². The third kappa shape index (κ3) is 3.62. The van der Waals surface area contributed by atoms with Gasteiger partial charge in [-0.2, -0.15) is 4.98 Å². The number of benzene rings is 2. The largest absolute Gasteiger partial charge is 0.334 e. The second-order valence-electron chi connectivity index (χ2n) is 5.37. The number of nitrogens with zero attached hydrogens (tertiary/aromatic N) is 2. The van der Waals surface area contributed by atoms with E-state index < -0.39 is 10.0 Å². The summed E-state index contributed by atoms with van der Waals surface area (Å²) in [7, 11) is -3.29. The highest BCUT2D eigenvalue weighted by molar-refractivity contribution is 7.92. The van der Waals surface area contributed by atoms with Crippen LogP contribution in [0.4, 0.5) is 5.69 Å². The number of aryl methyl sites for hydroxylation is 1. The maximum Gasteiger partial charge on any atom is 0.258 e. The predicted octanol–water partition coefficient (Wildman–Crippen LogP) is 3.47. The highest BCUT2D eigenvalue weighted by Gasteiger charge is 2.11. The zero-order valence-corrected chi connectivity index (χ0v) is 14.2. The number of sulfonamides is 1. The number of hydrogen-bond donors (Lipinski definition) is 1. The van der Waals surface area contributed by atoms with Gasteiger partial charge >= 0.3 is 0 Å². The molecule has 6 nitrogen and oxygen atoms in total. The smallest absolute Gasteiger partial charge is 0.258 e. The van der Waals surface area contributed by atoms with Gasteiger partial charge in [-0.05, 0) is 50.2 Å².